The van der Waals surface area contributed by atoms with E-state index in [0.29, 0.717) is 26.7 Å². The van der Waals surface area contributed by atoms with Gasteiger partial charge >= 0.3 is 11.9 Å². The van der Waals surface area contributed by atoms with Crippen molar-refractivity contribution in [2.75, 3.05) is 18.5 Å². The van der Waals surface area contributed by atoms with E-state index in [9.17, 15) is 19.2 Å². The molecular formula is C21H23N3O6S2. The first-order chi connectivity index (χ1) is 15.3. The molecule has 0 aliphatic carbocycles. The molecule has 0 saturated carbocycles. The fraction of sp³-hybridized carbons (Fsp3) is 0.381. The molecule has 0 aromatic carbocycles. The second-order valence-electron chi connectivity index (χ2n) is 6.71. The smallest absolute Gasteiger partial charge is 0.348 e. The number of esters is 2. The molecule has 0 atom stereocenters. The van der Waals surface area contributed by atoms with Crippen LogP contribution in [-0.4, -0.2) is 40.6 Å². The van der Waals surface area contributed by atoms with Gasteiger partial charge in [0.05, 0.1) is 30.5 Å². The van der Waals surface area contributed by atoms with Crippen LogP contribution in [0.25, 0.3) is 10.2 Å². The van der Waals surface area contributed by atoms with Crippen molar-refractivity contribution in [1.29, 1.82) is 0 Å². The number of carbonyl (C=O) groups excluding carboxylic acids is 3. The number of amides is 1. The third-order valence-electron chi connectivity index (χ3n) is 4.57. The van der Waals surface area contributed by atoms with Crippen LogP contribution in [0.4, 0.5) is 5.00 Å². The zero-order chi connectivity index (χ0) is 23.4. The number of fused-ring (bicyclic) bond motifs is 1. The van der Waals surface area contributed by atoms with E-state index in [1.807, 2.05) is 6.92 Å². The topological polar surface area (TPSA) is 117 Å². The number of carbonyl (C=O) groups is 3. The molecule has 3 aromatic heterocycles. The third kappa shape index (κ3) is 4.73. The van der Waals surface area contributed by atoms with Gasteiger partial charge in [-0.05, 0) is 38.8 Å². The fourth-order valence-corrected chi connectivity index (χ4v) is 5.09. The van der Waals surface area contributed by atoms with E-state index < -0.39 is 23.4 Å². The lowest BCUT2D eigenvalue weighted by Gasteiger charge is -2.08. The molecule has 1 amide bonds. The SMILES string of the molecule is CCOC(=O)c1cc(CC)sc1NC(=O)Cn1cnc2sc(C(=O)OCC)c(C)c2c1=O. The van der Waals surface area contributed by atoms with E-state index in [1.165, 1.54) is 22.2 Å². The highest BCUT2D eigenvalue weighted by Gasteiger charge is 2.22. The molecule has 3 aromatic rings. The number of hydrogen-bond donors (Lipinski definition) is 1. The van der Waals surface area contributed by atoms with Crippen LogP contribution in [-0.2, 0) is 27.2 Å². The van der Waals surface area contributed by atoms with Crippen LogP contribution >= 0.6 is 22.7 Å². The summed E-state index contributed by atoms with van der Waals surface area (Å²) in [5.41, 5.74) is 0.336. The largest absolute Gasteiger partial charge is 0.462 e. The van der Waals surface area contributed by atoms with E-state index in [4.69, 9.17) is 9.47 Å². The van der Waals surface area contributed by atoms with E-state index >= 15 is 0 Å². The first kappa shape index (κ1) is 23.6. The molecule has 1 N–H and O–H groups in total. The summed E-state index contributed by atoms with van der Waals surface area (Å²) in [6.07, 6.45) is 1.97. The summed E-state index contributed by atoms with van der Waals surface area (Å²) in [7, 11) is 0. The third-order valence-corrected chi connectivity index (χ3v) is 6.95. The Labute approximate surface area is 192 Å². The van der Waals surface area contributed by atoms with E-state index in [0.717, 1.165) is 16.2 Å². The molecule has 11 heteroatoms. The van der Waals surface area contributed by atoms with Gasteiger partial charge in [0.25, 0.3) is 5.56 Å². The number of thiophene rings is 2. The van der Waals surface area contributed by atoms with Gasteiger partial charge in [0, 0.05) is 4.88 Å². The van der Waals surface area contributed by atoms with Crippen molar-refractivity contribution in [2.45, 2.75) is 40.7 Å². The molecule has 0 unspecified atom stereocenters. The Hall–Kier alpha value is -3.05. The van der Waals surface area contributed by atoms with Gasteiger partial charge in [-0.15, -0.1) is 22.7 Å². The monoisotopic (exact) mass is 477 g/mol. The highest BCUT2D eigenvalue weighted by atomic mass is 32.1. The number of nitrogens with zero attached hydrogens (tertiary/aromatic N) is 2. The Bertz CT molecular complexity index is 1240. The quantitative estimate of drug-likeness (QED) is 0.494. The van der Waals surface area contributed by atoms with Crippen LogP contribution in [0.15, 0.2) is 17.2 Å². The molecule has 0 radical (unpaired) electrons. The van der Waals surface area contributed by atoms with Crippen molar-refractivity contribution in [1.82, 2.24) is 9.55 Å². The molecule has 0 aliphatic rings. The Kier molecular flexibility index (Phi) is 7.41. The fourth-order valence-electron chi connectivity index (χ4n) is 3.05. The molecule has 170 valence electrons. The number of anilines is 1. The Morgan fingerprint density at radius 3 is 2.44 bits per heavy atom. The molecule has 3 heterocycles. The molecule has 0 aliphatic heterocycles. The van der Waals surface area contributed by atoms with Crippen molar-refractivity contribution in [2.24, 2.45) is 0 Å². The van der Waals surface area contributed by atoms with Gasteiger partial charge in [0.1, 0.15) is 21.3 Å². The van der Waals surface area contributed by atoms with Crippen LogP contribution in [0.5, 0.6) is 0 Å². The van der Waals surface area contributed by atoms with Crippen molar-refractivity contribution < 1.29 is 23.9 Å². The zero-order valence-electron chi connectivity index (χ0n) is 18.1. The zero-order valence-corrected chi connectivity index (χ0v) is 19.8. The summed E-state index contributed by atoms with van der Waals surface area (Å²) < 4.78 is 11.3. The van der Waals surface area contributed by atoms with Crippen molar-refractivity contribution >= 4 is 55.7 Å². The van der Waals surface area contributed by atoms with Crippen LogP contribution in [0.3, 0.4) is 0 Å². The molecule has 0 bridgehead atoms. The lowest BCUT2D eigenvalue weighted by molar-refractivity contribution is -0.116. The van der Waals surface area contributed by atoms with Crippen LogP contribution < -0.4 is 10.9 Å². The molecule has 32 heavy (non-hydrogen) atoms. The predicted molar refractivity (Wildman–Crippen MR) is 123 cm³/mol. The van der Waals surface area contributed by atoms with Crippen molar-refractivity contribution in [3.8, 4) is 0 Å². The summed E-state index contributed by atoms with van der Waals surface area (Å²) in [6, 6.07) is 1.70. The predicted octanol–water partition coefficient (Wildman–Crippen LogP) is 3.38. The molecule has 3 rings (SSSR count). The Morgan fingerprint density at radius 1 is 1.09 bits per heavy atom. The van der Waals surface area contributed by atoms with Gasteiger partial charge in [-0.3, -0.25) is 14.2 Å². The first-order valence-corrected chi connectivity index (χ1v) is 11.7. The van der Waals surface area contributed by atoms with Gasteiger partial charge in [0.15, 0.2) is 0 Å². The maximum absolute atomic E-state index is 13.0. The second-order valence-corrected chi connectivity index (χ2v) is 8.85. The molecular weight excluding hydrogens is 454 g/mol. The average molecular weight is 478 g/mol. The molecule has 0 fully saturated rings. The Balaban J connectivity index is 1.87. The highest BCUT2D eigenvalue weighted by Crippen LogP contribution is 2.30. The minimum atomic E-state index is -0.514. The van der Waals surface area contributed by atoms with E-state index in [1.54, 1.807) is 26.8 Å². The van der Waals surface area contributed by atoms with Gasteiger partial charge in [0.2, 0.25) is 5.91 Å². The lowest BCUT2D eigenvalue weighted by atomic mass is 10.2. The van der Waals surface area contributed by atoms with Crippen LogP contribution in [0.1, 0.15) is 51.2 Å². The molecule has 9 nitrogen and oxygen atoms in total. The molecule has 0 spiro atoms. The standard InChI is InChI=1S/C21H23N3O6S2/c1-5-12-8-13(20(27)29-6-2)17(31-12)23-14(25)9-24-10-22-18-15(19(24)26)11(4)16(32-18)21(28)30-7-3/h8,10H,5-7,9H2,1-4H3,(H,23,25). The van der Waals surface area contributed by atoms with Gasteiger partial charge < -0.3 is 14.8 Å². The number of aryl methyl sites for hydroxylation is 2. The number of hydrogen-bond acceptors (Lipinski definition) is 9. The summed E-state index contributed by atoms with van der Waals surface area (Å²) in [5, 5.41) is 3.36. The minimum absolute atomic E-state index is 0.221. The van der Waals surface area contributed by atoms with Gasteiger partial charge in [-0.25, -0.2) is 14.6 Å². The number of nitrogens with one attached hydrogen (secondary N) is 1. The van der Waals surface area contributed by atoms with Crippen molar-refractivity contribution in [3.63, 3.8) is 0 Å². The highest BCUT2D eigenvalue weighted by molar-refractivity contribution is 7.20. The Morgan fingerprint density at radius 2 is 1.78 bits per heavy atom. The maximum atomic E-state index is 13.0. The number of rotatable bonds is 8. The minimum Gasteiger partial charge on any atom is -0.462 e. The summed E-state index contributed by atoms with van der Waals surface area (Å²) in [6.45, 7) is 7.16. The van der Waals surface area contributed by atoms with Crippen LogP contribution in [0.2, 0.25) is 0 Å². The molecule has 0 saturated heterocycles. The average Bonchev–Trinajstić information content (AvgIpc) is 3.31. The number of aromatic nitrogens is 2. The normalized spacial score (nSPS) is 10.9. The lowest BCUT2D eigenvalue weighted by Crippen LogP contribution is -2.28. The summed E-state index contributed by atoms with van der Waals surface area (Å²) >= 11 is 2.37. The van der Waals surface area contributed by atoms with Gasteiger partial charge in [-0.2, -0.15) is 0 Å². The van der Waals surface area contributed by atoms with E-state index in [-0.39, 0.29) is 30.7 Å². The summed E-state index contributed by atoms with van der Waals surface area (Å²) in [4.78, 5) is 55.8. The second kappa shape index (κ2) is 10.0. The first-order valence-electron chi connectivity index (χ1n) is 10.1. The summed E-state index contributed by atoms with van der Waals surface area (Å²) in [5.74, 6) is -1.51. The van der Waals surface area contributed by atoms with E-state index in [2.05, 4.69) is 10.3 Å². The van der Waals surface area contributed by atoms with Gasteiger partial charge in [-0.1, -0.05) is 6.92 Å². The maximum Gasteiger partial charge on any atom is 0.348 e. The van der Waals surface area contributed by atoms with Crippen LogP contribution in [0, 0.1) is 6.92 Å². The van der Waals surface area contributed by atoms with Crippen molar-refractivity contribution in [3.05, 3.63) is 43.6 Å². The number of ether oxygens (including phenoxy) is 2.